The third-order valence-corrected chi connectivity index (χ3v) is 5.05. The molecule has 2 rings (SSSR count). The van der Waals surface area contributed by atoms with Crippen LogP contribution in [0.15, 0.2) is 0 Å². The van der Waals surface area contributed by atoms with Gasteiger partial charge in [0.2, 0.25) is 10.0 Å². The molecule has 0 saturated carbocycles. The molecule has 4 nitrogen and oxygen atoms in total. The van der Waals surface area contributed by atoms with Gasteiger partial charge in [0.1, 0.15) is 0 Å². The molecule has 0 aromatic heterocycles. The maximum Gasteiger partial charge on any atom is 0.211 e. The van der Waals surface area contributed by atoms with E-state index in [0.29, 0.717) is 18.5 Å². The van der Waals surface area contributed by atoms with Crippen molar-refractivity contribution in [3.05, 3.63) is 0 Å². The maximum absolute atomic E-state index is 11.5. The quantitative estimate of drug-likeness (QED) is 0.655. The first-order valence-corrected chi connectivity index (χ1v) is 7.48. The normalized spacial score (nSPS) is 35.1. The van der Waals surface area contributed by atoms with Gasteiger partial charge in [0.25, 0.3) is 0 Å². The van der Waals surface area contributed by atoms with E-state index >= 15 is 0 Å². The Bertz CT molecular complexity index is 328. The minimum absolute atomic E-state index is 0.548. The predicted molar refractivity (Wildman–Crippen MR) is 60.2 cm³/mol. The van der Waals surface area contributed by atoms with Gasteiger partial charge in [0, 0.05) is 19.1 Å². The average Bonchev–Trinajstić information content (AvgIpc) is 2.16. The Kier molecular flexibility index (Phi) is 3.05. The zero-order chi connectivity index (χ0) is 11.1. The Morgan fingerprint density at radius 3 is 2.60 bits per heavy atom. The lowest BCUT2D eigenvalue weighted by molar-refractivity contribution is 0.0673. The summed E-state index contributed by atoms with van der Waals surface area (Å²) in [5.74, 6) is 0.548. The third-order valence-electron chi connectivity index (χ3n) is 3.78. The van der Waals surface area contributed by atoms with Crippen LogP contribution in [0.25, 0.3) is 0 Å². The molecule has 2 heterocycles. The van der Waals surface area contributed by atoms with E-state index in [-0.39, 0.29) is 0 Å². The number of hydrogen-bond acceptors (Lipinski definition) is 3. The fraction of sp³-hybridized carbons (Fsp3) is 1.00. The lowest BCUT2D eigenvalue weighted by Gasteiger charge is -2.45. The van der Waals surface area contributed by atoms with Crippen molar-refractivity contribution >= 4 is 10.0 Å². The number of nitrogens with zero attached hydrogens (tertiary/aromatic N) is 2. The summed E-state index contributed by atoms with van der Waals surface area (Å²) in [6, 6.07) is 0.608. The largest absolute Gasteiger partial charge is 0.303 e. The summed E-state index contributed by atoms with van der Waals surface area (Å²) in [4.78, 5) is 2.40. The second-order valence-corrected chi connectivity index (χ2v) is 6.84. The second kappa shape index (κ2) is 4.03. The van der Waals surface area contributed by atoms with Crippen LogP contribution in [0.4, 0.5) is 0 Å². The molecule has 2 saturated heterocycles. The zero-order valence-corrected chi connectivity index (χ0v) is 10.3. The second-order valence-electron chi connectivity index (χ2n) is 4.86. The van der Waals surface area contributed by atoms with E-state index in [1.54, 1.807) is 4.31 Å². The molecule has 0 aliphatic carbocycles. The topological polar surface area (TPSA) is 40.6 Å². The number of piperidine rings is 2. The average molecular weight is 232 g/mol. The summed E-state index contributed by atoms with van der Waals surface area (Å²) in [5, 5.41) is 0. The molecule has 2 aliphatic heterocycles. The summed E-state index contributed by atoms with van der Waals surface area (Å²) in [5.41, 5.74) is 0. The number of likely N-dealkylation sites (tertiary alicyclic amines) is 1. The fourth-order valence-corrected chi connectivity index (χ4v) is 3.82. The van der Waals surface area contributed by atoms with Gasteiger partial charge in [0.05, 0.1) is 6.26 Å². The van der Waals surface area contributed by atoms with Crippen molar-refractivity contribution in [2.75, 3.05) is 32.9 Å². The van der Waals surface area contributed by atoms with Crippen LogP contribution in [0, 0.1) is 5.92 Å². The van der Waals surface area contributed by atoms with Crippen LogP contribution in [0.3, 0.4) is 0 Å². The third kappa shape index (κ3) is 2.34. The first kappa shape index (κ1) is 11.4. The summed E-state index contributed by atoms with van der Waals surface area (Å²) in [6.07, 6.45) is 4.70. The van der Waals surface area contributed by atoms with Crippen molar-refractivity contribution in [3.8, 4) is 0 Å². The van der Waals surface area contributed by atoms with E-state index < -0.39 is 10.0 Å². The van der Waals surface area contributed by atoms with Crippen molar-refractivity contribution in [1.29, 1.82) is 0 Å². The summed E-state index contributed by atoms with van der Waals surface area (Å²) >= 11 is 0. The van der Waals surface area contributed by atoms with Crippen molar-refractivity contribution in [2.45, 2.75) is 25.3 Å². The Labute approximate surface area is 92.3 Å². The molecule has 0 aromatic rings. The first-order valence-electron chi connectivity index (χ1n) is 5.64. The molecule has 0 N–H and O–H groups in total. The molecule has 0 amide bonds. The number of sulfonamides is 1. The number of fused-ring (bicyclic) bond motifs is 1. The highest BCUT2D eigenvalue weighted by molar-refractivity contribution is 7.88. The smallest absolute Gasteiger partial charge is 0.211 e. The van der Waals surface area contributed by atoms with Gasteiger partial charge in [-0.2, -0.15) is 0 Å². The molecular formula is C10H20N2O2S. The van der Waals surface area contributed by atoms with Crippen LogP contribution >= 0.6 is 0 Å². The summed E-state index contributed by atoms with van der Waals surface area (Å²) in [6.45, 7) is 2.60. The molecule has 15 heavy (non-hydrogen) atoms. The Balaban J connectivity index is 2.06. The van der Waals surface area contributed by atoms with Gasteiger partial charge < -0.3 is 4.90 Å². The van der Waals surface area contributed by atoms with Gasteiger partial charge in [0.15, 0.2) is 0 Å². The summed E-state index contributed by atoms with van der Waals surface area (Å²) < 4.78 is 24.6. The van der Waals surface area contributed by atoms with E-state index in [1.807, 2.05) is 0 Å². The van der Waals surface area contributed by atoms with Crippen molar-refractivity contribution < 1.29 is 8.42 Å². The lowest BCUT2D eigenvalue weighted by Crippen LogP contribution is -2.53. The highest BCUT2D eigenvalue weighted by atomic mass is 32.2. The van der Waals surface area contributed by atoms with E-state index in [0.717, 1.165) is 13.0 Å². The fourth-order valence-electron chi connectivity index (χ4n) is 2.92. The highest BCUT2D eigenvalue weighted by Crippen LogP contribution is 2.30. The molecule has 0 bridgehead atoms. The van der Waals surface area contributed by atoms with Crippen LogP contribution in [0.2, 0.25) is 0 Å². The van der Waals surface area contributed by atoms with Crippen molar-refractivity contribution in [3.63, 3.8) is 0 Å². The van der Waals surface area contributed by atoms with Crippen LogP contribution in [0.5, 0.6) is 0 Å². The molecular weight excluding hydrogens is 212 g/mol. The van der Waals surface area contributed by atoms with E-state index in [1.165, 1.54) is 25.6 Å². The van der Waals surface area contributed by atoms with E-state index in [9.17, 15) is 8.42 Å². The number of hydrogen-bond donors (Lipinski definition) is 0. The van der Waals surface area contributed by atoms with Gasteiger partial charge in [-0.15, -0.1) is 0 Å². The number of rotatable bonds is 1. The first-order chi connectivity index (χ1) is 6.98. The summed E-state index contributed by atoms with van der Waals surface area (Å²) in [7, 11) is -0.819. The zero-order valence-electron chi connectivity index (χ0n) is 9.52. The minimum Gasteiger partial charge on any atom is -0.303 e. The van der Waals surface area contributed by atoms with Gasteiger partial charge in [-0.05, 0) is 38.8 Å². The minimum atomic E-state index is -2.98. The van der Waals surface area contributed by atoms with Crippen LogP contribution in [-0.4, -0.2) is 56.6 Å². The van der Waals surface area contributed by atoms with Crippen molar-refractivity contribution in [2.24, 2.45) is 5.92 Å². The SMILES string of the molecule is CN1CCCC2CN(S(C)(=O)=O)CCC21. The Morgan fingerprint density at radius 1 is 1.20 bits per heavy atom. The molecule has 2 unspecified atom stereocenters. The van der Waals surface area contributed by atoms with E-state index in [4.69, 9.17) is 0 Å². The van der Waals surface area contributed by atoms with E-state index in [2.05, 4.69) is 11.9 Å². The Morgan fingerprint density at radius 2 is 1.93 bits per heavy atom. The molecule has 5 heteroatoms. The standard InChI is InChI=1S/C10H20N2O2S/c1-11-6-3-4-9-8-12(15(2,13)14)7-5-10(9)11/h9-10H,3-8H2,1-2H3. The lowest BCUT2D eigenvalue weighted by atomic mass is 9.85. The van der Waals surface area contributed by atoms with Crippen molar-refractivity contribution in [1.82, 2.24) is 9.21 Å². The maximum atomic E-state index is 11.5. The van der Waals surface area contributed by atoms with Gasteiger partial charge in [-0.3, -0.25) is 0 Å². The van der Waals surface area contributed by atoms with Gasteiger partial charge >= 0.3 is 0 Å². The van der Waals surface area contributed by atoms with Crippen LogP contribution in [-0.2, 0) is 10.0 Å². The van der Waals surface area contributed by atoms with Crippen LogP contribution < -0.4 is 0 Å². The molecule has 2 fully saturated rings. The highest BCUT2D eigenvalue weighted by Gasteiger charge is 2.36. The molecule has 0 spiro atoms. The van der Waals surface area contributed by atoms with Crippen LogP contribution in [0.1, 0.15) is 19.3 Å². The Hall–Kier alpha value is -0.130. The molecule has 0 aromatic carbocycles. The molecule has 88 valence electrons. The predicted octanol–water partition coefficient (Wildman–Crippen LogP) is 0.362. The van der Waals surface area contributed by atoms with Gasteiger partial charge in [-0.1, -0.05) is 0 Å². The van der Waals surface area contributed by atoms with Gasteiger partial charge in [-0.25, -0.2) is 12.7 Å². The molecule has 2 aliphatic rings. The molecule has 2 atom stereocenters. The monoisotopic (exact) mass is 232 g/mol. The molecule has 0 radical (unpaired) electrons.